The summed E-state index contributed by atoms with van der Waals surface area (Å²) in [6, 6.07) is 11.5. The molecule has 2 aromatic carbocycles. The SMILES string of the molecule is CC(C)(C)c1ccc(OCCOc2ccc(C(C)(C)C)cc2N([O])C(C)(C)C)c(N([O])C(C)(C)C)c1. The molecule has 0 N–H and O–H groups in total. The zero-order valence-corrected chi connectivity index (χ0v) is 24.4. The normalized spacial score (nSPS) is 12.9. The fourth-order valence-corrected chi connectivity index (χ4v) is 3.56. The maximum Gasteiger partial charge on any atom is 0.145 e. The Labute approximate surface area is 218 Å². The Morgan fingerprint density at radius 3 is 1.11 bits per heavy atom. The van der Waals surface area contributed by atoms with Gasteiger partial charge in [0, 0.05) is 0 Å². The summed E-state index contributed by atoms with van der Waals surface area (Å²) in [5, 5.41) is 28.2. The third-order valence-electron chi connectivity index (χ3n) is 5.90. The summed E-state index contributed by atoms with van der Waals surface area (Å²) < 4.78 is 12.1. The molecule has 6 nitrogen and oxygen atoms in total. The van der Waals surface area contributed by atoms with Crippen LogP contribution in [0.15, 0.2) is 36.4 Å². The Balaban J connectivity index is 2.25. The average Bonchev–Trinajstić information content (AvgIpc) is 2.73. The first-order chi connectivity index (χ1) is 16.2. The molecule has 2 rings (SSSR count). The molecule has 0 spiro atoms. The van der Waals surface area contributed by atoms with Gasteiger partial charge < -0.3 is 9.47 Å². The first-order valence-electron chi connectivity index (χ1n) is 12.7. The molecule has 2 aromatic rings. The molecule has 0 aliphatic carbocycles. The molecule has 0 bridgehead atoms. The van der Waals surface area contributed by atoms with Gasteiger partial charge in [-0.05, 0) is 87.8 Å². The van der Waals surface area contributed by atoms with Crippen LogP contribution in [0.3, 0.4) is 0 Å². The minimum Gasteiger partial charge on any atom is -0.488 e. The lowest BCUT2D eigenvalue weighted by Gasteiger charge is -2.32. The van der Waals surface area contributed by atoms with Gasteiger partial charge in [0.15, 0.2) is 0 Å². The van der Waals surface area contributed by atoms with Gasteiger partial charge in [-0.1, -0.05) is 64.1 Å². The summed E-state index contributed by atoms with van der Waals surface area (Å²) >= 11 is 0. The van der Waals surface area contributed by atoms with Crippen LogP contribution < -0.4 is 19.6 Å². The highest BCUT2D eigenvalue weighted by Gasteiger charge is 2.28. The number of rotatable bonds is 7. The van der Waals surface area contributed by atoms with Crippen LogP contribution in [-0.4, -0.2) is 24.3 Å². The molecule has 200 valence electrons. The standard InChI is InChI=1S/C30H46N2O4/c1-27(2,3)21-13-15-25(23(19-21)31(33)29(7,8)9)35-17-18-36-26-16-14-22(28(4,5)6)20-24(26)32(34)30(10,11)12/h13-16,19-20H,17-18H2,1-12H3. The van der Waals surface area contributed by atoms with Crippen molar-refractivity contribution in [1.82, 2.24) is 0 Å². The Morgan fingerprint density at radius 1 is 0.556 bits per heavy atom. The predicted octanol–water partition coefficient (Wildman–Crippen LogP) is 7.64. The van der Waals surface area contributed by atoms with Gasteiger partial charge >= 0.3 is 0 Å². The highest BCUT2D eigenvalue weighted by Crippen LogP contribution is 2.38. The lowest BCUT2D eigenvalue weighted by Crippen LogP contribution is -2.38. The maximum atomic E-state index is 13.1. The summed E-state index contributed by atoms with van der Waals surface area (Å²) in [5.41, 5.74) is 1.72. The molecular formula is C30H46N2O4. The van der Waals surface area contributed by atoms with Crippen molar-refractivity contribution in [3.8, 4) is 11.5 Å². The van der Waals surface area contributed by atoms with E-state index in [1.807, 2.05) is 77.9 Å². The van der Waals surface area contributed by atoms with Gasteiger partial charge in [0.05, 0.1) is 11.1 Å². The Hall–Kier alpha value is -2.44. The van der Waals surface area contributed by atoms with Crippen molar-refractivity contribution in [2.75, 3.05) is 23.3 Å². The van der Waals surface area contributed by atoms with Gasteiger partial charge in [-0.15, -0.1) is 0 Å². The molecule has 0 heterocycles. The zero-order valence-electron chi connectivity index (χ0n) is 24.4. The molecule has 0 saturated carbocycles. The number of hydrogen-bond acceptors (Lipinski definition) is 4. The molecule has 0 saturated heterocycles. The number of ether oxygens (including phenoxy) is 2. The molecule has 0 atom stereocenters. The summed E-state index contributed by atoms with van der Waals surface area (Å²) in [6.45, 7) is 24.4. The van der Waals surface area contributed by atoms with Crippen molar-refractivity contribution in [1.29, 1.82) is 0 Å². The number of benzene rings is 2. The summed E-state index contributed by atoms with van der Waals surface area (Å²) in [5.74, 6) is 1.03. The molecule has 0 fully saturated rings. The van der Waals surface area contributed by atoms with Crippen molar-refractivity contribution in [3.05, 3.63) is 47.5 Å². The molecular weight excluding hydrogens is 452 g/mol. The van der Waals surface area contributed by atoms with E-state index in [2.05, 4.69) is 41.5 Å². The van der Waals surface area contributed by atoms with E-state index >= 15 is 0 Å². The Bertz CT molecular complexity index is 938. The van der Waals surface area contributed by atoms with Crippen LogP contribution >= 0.6 is 0 Å². The van der Waals surface area contributed by atoms with Gasteiger partial charge in [0.25, 0.3) is 0 Å². The van der Waals surface area contributed by atoms with Crippen molar-refractivity contribution in [2.45, 2.75) is 105 Å². The van der Waals surface area contributed by atoms with Crippen LogP contribution in [0.5, 0.6) is 11.5 Å². The van der Waals surface area contributed by atoms with Crippen LogP contribution in [0, 0.1) is 0 Å². The highest BCUT2D eigenvalue weighted by atomic mass is 16.5. The van der Waals surface area contributed by atoms with Gasteiger partial charge in [0.2, 0.25) is 0 Å². The van der Waals surface area contributed by atoms with E-state index in [1.54, 1.807) is 0 Å². The van der Waals surface area contributed by atoms with Crippen molar-refractivity contribution in [3.63, 3.8) is 0 Å². The fourth-order valence-electron chi connectivity index (χ4n) is 3.56. The topological polar surface area (TPSA) is 64.7 Å². The summed E-state index contributed by atoms with van der Waals surface area (Å²) in [4.78, 5) is 0. The van der Waals surface area contributed by atoms with Crippen molar-refractivity contribution in [2.24, 2.45) is 0 Å². The molecule has 0 unspecified atom stereocenters. The predicted molar refractivity (Wildman–Crippen MR) is 147 cm³/mol. The molecule has 0 aliphatic rings. The third-order valence-corrected chi connectivity index (χ3v) is 5.90. The van der Waals surface area contributed by atoms with E-state index in [9.17, 15) is 10.4 Å². The smallest absolute Gasteiger partial charge is 0.145 e. The highest BCUT2D eigenvalue weighted by molar-refractivity contribution is 5.61. The van der Waals surface area contributed by atoms with E-state index in [0.717, 1.165) is 21.3 Å². The average molecular weight is 499 g/mol. The van der Waals surface area contributed by atoms with Gasteiger partial charge in [-0.3, -0.25) is 0 Å². The van der Waals surface area contributed by atoms with Crippen LogP contribution in [0.25, 0.3) is 0 Å². The van der Waals surface area contributed by atoms with Gasteiger partial charge in [0.1, 0.15) is 36.1 Å². The van der Waals surface area contributed by atoms with Crippen LogP contribution in [-0.2, 0) is 21.2 Å². The molecule has 0 aromatic heterocycles. The van der Waals surface area contributed by atoms with Gasteiger partial charge in [-0.2, -0.15) is 0 Å². The van der Waals surface area contributed by atoms with Crippen LogP contribution in [0.4, 0.5) is 11.4 Å². The molecule has 6 heteroatoms. The third kappa shape index (κ3) is 7.53. The molecule has 2 radical (unpaired) electrons. The monoisotopic (exact) mass is 498 g/mol. The summed E-state index contributed by atoms with van der Waals surface area (Å²) in [6.07, 6.45) is 0. The number of hydroxylamine groups is 2. The van der Waals surface area contributed by atoms with Crippen LogP contribution in [0.2, 0.25) is 0 Å². The number of nitrogens with zero attached hydrogens (tertiary/aromatic N) is 2. The second kappa shape index (κ2) is 10.5. The zero-order chi connectivity index (χ0) is 27.7. The van der Waals surface area contributed by atoms with E-state index in [0.29, 0.717) is 22.9 Å². The summed E-state index contributed by atoms with van der Waals surface area (Å²) in [7, 11) is 0. The Morgan fingerprint density at radius 2 is 0.861 bits per heavy atom. The van der Waals surface area contributed by atoms with E-state index in [1.165, 1.54) is 0 Å². The molecule has 0 amide bonds. The van der Waals surface area contributed by atoms with Crippen molar-refractivity contribution >= 4 is 11.4 Å². The fraction of sp³-hybridized carbons (Fsp3) is 0.600. The van der Waals surface area contributed by atoms with Crippen LogP contribution in [0.1, 0.15) is 94.2 Å². The van der Waals surface area contributed by atoms with E-state index < -0.39 is 11.1 Å². The largest absolute Gasteiger partial charge is 0.488 e. The molecule has 36 heavy (non-hydrogen) atoms. The second-order valence-electron chi connectivity index (χ2n) is 13.5. The maximum absolute atomic E-state index is 13.1. The minimum absolute atomic E-state index is 0.0952. The minimum atomic E-state index is -0.612. The van der Waals surface area contributed by atoms with E-state index in [-0.39, 0.29) is 24.0 Å². The van der Waals surface area contributed by atoms with Crippen molar-refractivity contribution < 1.29 is 19.9 Å². The number of anilines is 2. The first kappa shape index (κ1) is 29.8. The number of hydrogen-bond donors (Lipinski definition) is 0. The quantitative estimate of drug-likeness (QED) is 0.291. The first-order valence-corrected chi connectivity index (χ1v) is 12.7. The second-order valence-corrected chi connectivity index (χ2v) is 13.5. The lowest BCUT2D eigenvalue weighted by molar-refractivity contribution is 0.0975. The lowest BCUT2D eigenvalue weighted by atomic mass is 9.86. The Kier molecular flexibility index (Phi) is 8.69. The molecule has 0 aliphatic heterocycles. The van der Waals surface area contributed by atoms with E-state index in [4.69, 9.17) is 9.47 Å². The van der Waals surface area contributed by atoms with Gasteiger partial charge in [-0.25, -0.2) is 10.1 Å².